The minimum absolute atomic E-state index is 0.243. The first-order chi connectivity index (χ1) is 10.1. The lowest BCUT2D eigenvalue weighted by molar-refractivity contribution is -0.144. The maximum atomic E-state index is 11.5. The third-order valence-electron chi connectivity index (χ3n) is 5.74. The van der Waals surface area contributed by atoms with Gasteiger partial charge in [-0.3, -0.25) is 4.79 Å². The second-order valence-corrected chi connectivity index (χ2v) is 8.72. The number of thioether (sulfide) groups is 1. The molecule has 0 amide bonds. The van der Waals surface area contributed by atoms with Crippen molar-refractivity contribution >= 4 is 17.7 Å². The van der Waals surface area contributed by atoms with Crippen molar-refractivity contribution in [1.82, 2.24) is 0 Å². The summed E-state index contributed by atoms with van der Waals surface area (Å²) in [7, 11) is 0. The van der Waals surface area contributed by atoms with Crippen LogP contribution in [0.4, 0.5) is 0 Å². The fourth-order valence-corrected chi connectivity index (χ4v) is 6.68. The van der Waals surface area contributed by atoms with Gasteiger partial charge < -0.3 is 10.5 Å². The van der Waals surface area contributed by atoms with E-state index in [2.05, 4.69) is 0 Å². The van der Waals surface area contributed by atoms with Crippen LogP contribution in [0, 0.1) is 23.2 Å². The summed E-state index contributed by atoms with van der Waals surface area (Å²) in [4.78, 5) is 11.5. The first-order valence-electron chi connectivity index (χ1n) is 8.60. The van der Waals surface area contributed by atoms with Crippen LogP contribution >= 0.6 is 11.8 Å². The average Bonchev–Trinajstić information content (AvgIpc) is 2.42. The van der Waals surface area contributed by atoms with Gasteiger partial charge in [0.25, 0.3) is 0 Å². The lowest BCUT2D eigenvalue weighted by Crippen LogP contribution is -2.47. The Hall–Kier alpha value is -0.220. The van der Waals surface area contributed by atoms with Crippen LogP contribution in [0.25, 0.3) is 0 Å². The van der Waals surface area contributed by atoms with E-state index >= 15 is 0 Å². The molecule has 4 aliphatic rings. The molecule has 0 spiro atoms. The van der Waals surface area contributed by atoms with Crippen LogP contribution in [0.3, 0.4) is 0 Å². The van der Waals surface area contributed by atoms with E-state index in [1.807, 2.05) is 18.7 Å². The summed E-state index contributed by atoms with van der Waals surface area (Å²) in [5.74, 6) is 5.11. The summed E-state index contributed by atoms with van der Waals surface area (Å²) in [5.41, 5.74) is 6.49. The maximum Gasteiger partial charge on any atom is 0.322 e. The van der Waals surface area contributed by atoms with E-state index in [4.69, 9.17) is 10.5 Å². The molecule has 0 aromatic carbocycles. The molecule has 4 saturated carbocycles. The van der Waals surface area contributed by atoms with Crippen LogP contribution in [0.2, 0.25) is 0 Å². The molecule has 0 aliphatic heterocycles. The van der Waals surface area contributed by atoms with Crippen molar-refractivity contribution in [1.29, 1.82) is 0 Å². The molecule has 0 aromatic rings. The number of hydrogen-bond acceptors (Lipinski definition) is 4. The van der Waals surface area contributed by atoms with Crippen molar-refractivity contribution in [2.75, 3.05) is 18.1 Å². The Labute approximate surface area is 132 Å². The molecule has 3 nitrogen and oxygen atoms in total. The third kappa shape index (κ3) is 3.58. The maximum absolute atomic E-state index is 11.5. The molecule has 0 aromatic heterocycles. The summed E-state index contributed by atoms with van der Waals surface area (Å²) in [6.07, 6.45) is 9.69. The first kappa shape index (κ1) is 15.7. The van der Waals surface area contributed by atoms with Gasteiger partial charge in [-0.2, -0.15) is 11.8 Å². The molecule has 0 saturated heterocycles. The number of carbonyl (C=O) groups excluding carboxylic acids is 1. The van der Waals surface area contributed by atoms with Gasteiger partial charge in [0.2, 0.25) is 0 Å². The second kappa shape index (κ2) is 6.49. The minimum atomic E-state index is -0.436. The molecule has 4 bridgehead atoms. The molecule has 1 atom stereocenters. The van der Waals surface area contributed by atoms with Gasteiger partial charge >= 0.3 is 5.97 Å². The SMILES string of the molecule is CCOC(=O)C(N)CCSCC12CC3CC(CC(C3)C1)C2. The van der Waals surface area contributed by atoms with Crippen molar-refractivity contribution < 1.29 is 9.53 Å². The lowest BCUT2D eigenvalue weighted by atomic mass is 9.50. The number of esters is 1. The average molecular weight is 311 g/mol. The van der Waals surface area contributed by atoms with Crippen molar-refractivity contribution in [3.63, 3.8) is 0 Å². The summed E-state index contributed by atoms with van der Waals surface area (Å²) in [6.45, 7) is 2.25. The Kier molecular flexibility index (Phi) is 4.84. The first-order valence-corrected chi connectivity index (χ1v) is 9.75. The van der Waals surface area contributed by atoms with E-state index < -0.39 is 6.04 Å². The van der Waals surface area contributed by atoms with E-state index in [1.54, 1.807) is 0 Å². The van der Waals surface area contributed by atoms with E-state index in [1.165, 1.54) is 44.3 Å². The predicted octanol–water partition coefficient (Wildman–Crippen LogP) is 3.22. The molecule has 4 aliphatic carbocycles. The Morgan fingerprint density at radius 3 is 2.33 bits per heavy atom. The Balaban J connectivity index is 1.41. The molecule has 4 fully saturated rings. The Bertz CT molecular complexity index is 350. The smallest absolute Gasteiger partial charge is 0.322 e. The Morgan fingerprint density at radius 1 is 1.24 bits per heavy atom. The zero-order valence-corrected chi connectivity index (χ0v) is 14.0. The number of hydrogen-bond donors (Lipinski definition) is 1. The molecule has 21 heavy (non-hydrogen) atoms. The number of rotatable bonds is 7. The highest BCUT2D eigenvalue weighted by atomic mass is 32.2. The standard InChI is InChI=1S/C17H29NO2S/c1-2-20-16(19)15(18)3-4-21-11-17-8-12-5-13(9-17)7-14(6-12)10-17/h12-15H,2-11,18H2,1H3. The zero-order valence-electron chi connectivity index (χ0n) is 13.2. The van der Waals surface area contributed by atoms with Crippen LogP contribution in [-0.4, -0.2) is 30.1 Å². The van der Waals surface area contributed by atoms with Crippen LogP contribution in [0.1, 0.15) is 51.9 Å². The van der Waals surface area contributed by atoms with Crippen LogP contribution < -0.4 is 5.73 Å². The normalized spacial score (nSPS) is 38.5. The van der Waals surface area contributed by atoms with Crippen LogP contribution in [0.5, 0.6) is 0 Å². The van der Waals surface area contributed by atoms with Gasteiger partial charge in [-0.15, -0.1) is 0 Å². The van der Waals surface area contributed by atoms with E-state index in [0.717, 1.165) is 29.9 Å². The number of nitrogens with two attached hydrogens (primary N) is 1. The van der Waals surface area contributed by atoms with Gasteiger partial charge in [-0.05, 0) is 86.5 Å². The van der Waals surface area contributed by atoms with Crippen LogP contribution in [-0.2, 0) is 9.53 Å². The minimum Gasteiger partial charge on any atom is -0.465 e. The van der Waals surface area contributed by atoms with E-state index in [9.17, 15) is 4.79 Å². The fourth-order valence-electron chi connectivity index (χ4n) is 5.33. The second-order valence-electron chi connectivity index (χ2n) is 7.62. The molecule has 0 radical (unpaired) electrons. The molecule has 4 heteroatoms. The summed E-state index contributed by atoms with van der Waals surface area (Å²) < 4.78 is 4.96. The van der Waals surface area contributed by atoms with Crippen molar-refractivity contribution in [2.45, 2.75) is 57.9 Å². The zero-order chi connectivity index (χ0) is 14.9. The summed E-state index contributed by atoms with van der Waals surface area (Å²) in [5, 5.41) is 0. The van der Waals surface area contributed by atoms with Crippen LogP contribution in [0.15, 0.2) is 0 Å². The molecular weight excluding hydrogens is 282 g/mol. The monoisotopic (exact) mass is 311 g/mol. The van der Waals surface area contributed by atoms with Gasteiger partial charge in [0, 0.05) is 0 Å². The third-order valence-corrected chi connectivity index (χ3v) is 7.08. The van der Waals surface area contributed by atoms with Crippen molar-refractivity contribution in [3.8, 4) is 0 Å². The highest BCUT2D eigenvalue weighted by Gasteiger charge is 2.50. The predicted molar refractivity (Wildman–Crippen MR) is 87.2 cm³/mol. The molecule has 1 unspecified atom stereocenters. The summed E-state index contributed by atoms with van der Waals surface area (Å²) in [6, 6.07) is -0.436. The quantitative estimate of drug-likeness (QED) is 0.579. The molecule has 0 heterocycles. The van der Waals surface area contributed by atoms with E-state index in [0.29, 0.717) is 12.0 Å². The largest absolute Gasteiger partial charge is 0.465 e. The van der Waals surface area contributed by atoms with Gasteiger partial charge in [0.15, 0.2) is 0 Å². The van der Waals surface area contributed by atoms with Gasteiger partial charge in [-0.25, -0.2) is 0 Å². The molecule has 120 valence electrons. The molecule has 2 N–H and O–H groups in total. The van der Waals surface area contributed by atoms with Gasteiger partial charge in [-0.1, -0.05) is 0 Å². The fraction of sp³-hybridized carbons (Fsp3) is 0.941. The highest BCUT2D eigenvalue weighted by Crippen LogP contribution is 2.60. The lowest BCUT2D eigenvalue weighted by Gasteiger charge is -2.57. The van der Waals surface area contributed by atoms with Gasteiger partial charge in [0.1, 0.15) is 6.04 Å². The molecular formula is C17H29NO2S. The van der Waals surface area contributed by atoms with Gasteiger partial charge in [0.05, 0.1) is 6.61 Å². The van der Waals surface area contributed by atoms with E-state index in [-0.39, 0.29) is 5.97 Å². The number of ether oxygens (including phenoxy) is 1. The Morgan fingerprint density at radius 2 is 1.81 bits per heavy atom. The number of carbonyl (C=O) groups is 1. The van der Waals surface area contributed by atoms with Crippen molar-refractivity contribution in [2.24, 2.45) is 28.9 Å². The topological polar surface area (TPSA) is 52.3 Å². The summed E-state index contributed by atoms with van der Waals surface area (Å²) >= 11 is 2.02. The van der Waals surface area contributed by atoms with Crippen molar-refractivity contribution in [3.05, 3.63) is 0 Å². The molecule has 4 rings (SSSR count). The highest BCUT2D eigenvalue weighted by molar-refractivity contribution is 7.99.